The van der Waals surface area contributed by atoms with Crippen LogP contribution < -0.4 is 0 Å². The van der Waals surface area contributed by atoms with E-state index in [9.17, 15) is 4.79 Å². The van der Waals surface area contributed by atoms with Crippen LogP contribution in [0.25, 0.3) is 0 Å². The summed E-state index contributed by atoms with van der Waals surface area (Å²) in [6.07, 6.45) is 9.14. The maximum atomic E-state index is 11.4. The van der Waals surface area contributed by atoms with Gasteiger partial charge in [-0.2, -0.15) is 0 Å². The molecule has 1 aliphatic rings. The molecule has 0 amide bonds. The fraction of sp³-hybridized carbons (Fsp3) is 0.909. The molecule has 0 bridgehead atoms. The van der Waals surface area contributed by atoms with Gasteiger partial charge in [-0.05, 0) is 30.9 Å². The average molecular weight is 203 g/mol. The van der Waals surface area contributed by atoms with Crippen LogP contribution in [0, 0.1) is 5.41 Å². The van der Waals surface area contributed by atoms with Crippen molar-refractivity contribution in [1.82, 2.24) is 0 Å². The smallest absolute Gasteiger partial charge is 0.227 e. The van der Waals surface area contributed by atoms with Gasteiger partial charge in [0.05, 0.1) is 0 Å². The number of hydrogen-bond donors (Lipinski definition) is 0. The highest BCUT2D eigenvalue weighted by molar-refractivity contribution is 6.64. The SMILES string of the molecule is CCC1(C(=O)Cl)CCCCCCC1. The van der Waals surface area contributed by atoms with Crippen molar-refractivity contribution >= 4 is 16.8 Å². The van der Waals surface area contributed by atoms with Crippen molar-refractivity contribution in [3.63, 3.8) is 0 Å². The highest BCUT2D eigenvalue weighted by atomic mass is 35.5. The zero-order chi connectivity index (χ0) is 9.73. The van der Waals surface area contributed by atoms with E-state index in [2.05, 4.69) is 6.92 Å². The molecule has 0 saturated heterocycles. The minimum atomic E-state index is -0.179. The van der Waals surface area contributed by atoms with Crippen LogP contribution in [0.15, 0.2) is 0 Å². The molecule has 0 radical (unpaired) electrons. The molecule has 2 heteroatoms. The van der Waals surface area contributed by atoms with Crippen LogP contribution in [0.5, 0.6) is 0 Å². The maximum Gasteiger partial charge on any atom is 0.227 e. The largest absolute Gasteiger partial charge is 0.281 e. The molecule has 0 atom stereocenters. The van der Waals surface area contributed by atoms with Gasteiger partial charge in [0, 0.05) is 5.41 Å². The molecule has 13 heavy (non-hydrogen) atoms. The molecule has 0 heterocycles. The van der Waals surface area contributed by atoms with E-state index in [4.69, 9.17) is 11.6 Å². The first-order valence-electron chi connectivity index (χ1n) is 5.41. The van der Waals surface area contributed by atoms with Gasteiger partial charge in [-0.15, -0.1) is 0 Å². The van der Waals surface area contributed by atoms with Gasteiger partial charge in [0.25, 0.3) is 0 Å². The third kappa shape index (κ3) is 2.70. The molecule has 1 nitrogen and oxygen atoms in total. The first-order chi connectivity index (χ1) is 6.21. The van der Waals surface area contributed by atoms with E-state index in [1.54, 1.807) is 0 Å². The summed E-state index contributed by atoms with van der Waals surface area (Å²) in [5, 5.41) is -0.100. The molecule has 1 rings (SSSR count). The van der Waals surface area contributed by atoms with Gasteiger partial charge in [-0.1, -0.05) is 39.0 Å². The Bertz CT molecular complexity index is 169. The number of hydrogen-bond acceptors (Lipinski definition) is 1. The van der Waals surface area contributed by atoms with Crippen molar-refractivity contribution in [3.8, 4) is 0 Å². The minimum Gasteiger partial charge on any atom is -0.281 e. The first-order valence-corrected chi connectivity index (χ1v) is 5.79. The second-order valence-corrected chi connectivity index (χ2v) is 4.52. The van der Waals surface area contributed by atoms with E-state index in [0.29, 0.717) is 0 Å². The Hall–Kier alpha value is -0.0400. The summed E-state index contributed by atoms with van der Waals surface area (Å²) in [5.41, 5.74) is -0.179. The van der Waals surface area contributed by atoms with Crippen LogP contribution in [-0.4, -0.2) is 5.24 Å². The van der Waals surface area contributed by atoms with E-state index in [-0.39, 0.29) is 10.7 Å². The van der Waals surface area contributed by atoms with Crippen LogP contribution in [0.2, 0.25) is 0 Å². The van der Waals surface area contributed by atoms with Crippen LogP contribution in [0.1, 0.15) is 58.3 Å². The van der Waals surface area contributed by atoms with Crippen LogP contribution >= 0.6 is 11.6 Å². The quantitative estimate of drug-likeness (QED) is 0.621. The molecule has 0 aliphatic heterocycles. The highest BCUT2D eigenvalue weighted by Crippen LogP contribution is 2.38. The third-order valence-corrected chi connectivity index (χ3v) is 3.81. The Morgan fingerprint density at radius 2 is 1.62 bits per heavy atom. The predicted octanol–water partition coefficient (Wildman–Crippen LogP) is 3.89. The summed E-state index contributed by atoms with van der Waals surface area (Å²) in [6, 6.07) is 0. The van der Waals surface area contributed by atoms with Crippen LogP contribution in [-0.2, 0) is 4.79 Å². The molecule has 0 aromatic heterocycles. The normalized spacial score (nSPS) is 23.2. The van der Waals surface area contributed by atoms with Gasteiger partial charge in [-0.3, -0.25) is 4.79 Å². The fourth-order valence-corrected chi connectivity index (χ4v) is 2.59. The highest BCUT2D eigenvalue weighted by Gasteiger charge is 2.34. The predicted molar refractivity (Wildman–Crippen MR) is 55.9 cm³/mol. The summed E-state index contributed by atoms with van der Waals surface area (Å²) in [5.74, 6) is 0. The summed E-state index contributed by atoms with van der Waals surface area (Å²) in [4.78, 5) is 11.4. The fourth-order valence-electron chi connectivity index (χ4n) is 2.27. The maximum absolute atomic E-state index is 11.4. The molecule has 76 valence electrons. The Labute approximate surface area is 85.8 Å². The van der Waals surface area contributed by atoms with E-state index in [1.165, 1.54) is 32.1 Å². The number of rotatable bonds is 2. The topological polar surface area (TPSA) is 17.1 Å². The lowest BCUT2D eigenvalue weighted by Gasteiger charge is -2.30. The average Bonchev–Trinajstić information content (AvgIpc) is 2.04. The summed E-state index contributed by atoms with van der Waals surface area (Å²) in [6.45, 7) is 2.09. The van der Waals surface area contributed by atoms with Crippen molar-refractivity contribution in [2.24, 2.45) is 5.41 Å². The van der Waals surface area contributed by atoms with Crippen molar-refractivity contribution in [1.29, 1.82) is 0 Å². The van der Waals surface area contributed by atoms with Crippen molar-refractivity contribution < 1.29 is 4.79 Å². The molecular formula is C11H19ClO. The number of carbonyl (C=O) groups is 1. The van der Waals surface area contributed by atoms with Crippen LogP contribution in [0.3, 0.4) is 0 Å². The standard InChI is InChI=1S/C11H19ClO/c1-2-11(10(12)13)8-6-4-3-5-7-9-11/h2-9H2,1H3. The van der Waals surface area contributed by atoms with E-state index >= 15 is 0 Å². The van der Waals surface area contributed by atoms with Crippen molar-refractivity contribution in [3.05, 3.63) is 0 Å². The Morgan fingerprint density at radius 3 is 2.00 bits per heavy atom. The van der Waals surface area contributed by atoms with Gasteiger partial charge in [0.2, 0.25) is 5.24 Å². The minimum absolute atomic E-state index is 0.100. The molecule has 0 aromatic carbocycles. The zero-order valence-corrected chi connectivity index (χ0v) is 9.20. The lowest BCUT2D eigenvalue weighted by molar-refractivity contribution is -0.121. The summed E-state index contributed by atoms with van der Waals surface area (Å²) >= 11 is 5.70. The molecule has 0 unspecified atom stereocenters. The molecule has 1 fully saturated rings. The number of halogens is 1. The zero-order valence-electron chi connectivity index (χ0n) is 8.44. The summed E-state index contributed by atoms with van der Waals surface area (Å²) in [7, 11) is 0. The molecule has 1 saturated carbocycles. The van der Waals surface area contributed by atoms with Crippen LogP contribution in [0.4, 0.5) is 0 Å². The Balaban J connectivity index is 2.63. The van der Waals surface area contributed by atoms with E-state index in [1.807, 2.05) is 0 Å². The second-order valence-electron chi connectivity index (χ2n) is 4.18. The lowest BCUT2D eigenvalue weighted by Crippen LogP contribution is -2.27. The Kier molecular flexibility index (Phi) is 4.24. The van der Waals surface area contributed by atoms with Gasteiger partial charge in [0.1, 0.15) is 0 Å². The van der Waals surface area contributed by atoms with E-state index in [0.717, 1.165) is 19.3 Å². The molecular weight excluding hydrogens is 184 g/mol. The van der Waals surface area contributed by atoms with Gasteiger partial charge < -0.3 is 0 Å². The van der Waals surface area contributed by atoms with Gasteiger partial charge in [-0.25, -0.2) is 0 Å². The number of carbonyl (C=O) groups excluding carboxylic acids is 1. The van der Waals surface area contributed by atoms with Crippen molar-refractivity contribution in [2.75, 3.05) is 0 Å². The third-order valence-electron chi connectivity index (χ3n) is 3.40. The first kappa shape index (κ1) is 11.0. The van der Waals surface area contributed by atoms with E-state index < -0.39 is 0 Å². The molecule has 1 aliphatic carbocycles. The van der Waals surface area contributed by atoms with Gasteiger partial charge in [0.15, 0.2) is 0 Å². The lowest BCUT2D eigenvalue weighted by atomic mass is 9.75. The molecule has 0 spiro atoms. The molecule has 0 N–H and O–H groups in total. The second kappa shape index (κ2) is 4.99. The van der Waals surface area contributed by atoms with Crippen molar-refractivity contribution in [2.45, 2.75) is 58.3 Å². The van der Waals surface area contributed by atoms with Gasteiger partial charge >= 0.3 is 0 Å². The monoisotopic (exact) mass is 202 g/mol. The Morgan fingerprint density at radius 1 is 1.15 bits per heavy atom. The molecule has 0 aromatic rings. The summed E-state index contributed by atoms with van der Waals surface area (Å²) < 4.78 is 0.